The molecule has 2 aliphatic rings. The van der Waals surface area contributed by atoms with Crippen molar-refractivity contribution in [1.82, 2.24) is 0 Å². The molecule has 0 unspecified atom stereocenters. The first-order chi connectivity index (χ1) is 16.0. The number of anilines is 1. The highest BCUT2D eigenvalue weighted by molar-refractivity contribution is 6.30. The number of ketones is 1. The van der Waals surface area contributed by atoms with Crippen molar-refractivity contribution in [1.29, 1.82) is 10.5 Å². The van der Waals surface area contributed by atoms with Gasteiger partial charge in [-0.05, 0) is 41.5 Å². The number of benzene rings is 3. The van der Waals surface area contributed by atoms with Gasteiger partial charge in [-0.15, -0.1) is 0 Å². The summed E-state index contributed by atoms with van der Waals surface area (Å²) in [6.45, 7) is 0. The zero-order valence-corrected chi connectivity index (χ0v) is 18.1. The molecule has 3 aromatic carbocycles. The lowest BCUT2D eigenvalue weighted by atomic mass is 9.69. The number of halogens is 2. The summed E-state index contributed by atoms with van der Waals surface area (Å²) in [5.41, 5.74) is 0.993. The molecule has 3 atom stereocenters. The molecule has 0 radical (unpaired) electrons. The van der Waals surface area contributed by atoms with Crippen LogP contribution in [0.5, 0.6) is 0 Å². The lowest BCUT2D eigenvalue weighted by Gasteiger charge is -2.35. The SMILES string of the molecule is N#CC1(C#N)[C@@H]2C=Cc3cc(Cl)ccc3N2[C@@H](C(=O)c2ccccc2)[C@@H]1c1ccc(F)cc1. The third kappa shape index (κ3) is 3.13. The minimum absolute atomic E-state index is 0.210. The van der Waals surface area contributed by atoms with E-state index in [1.54, 1.807) is 54.6 Å². The van der Waals surface area contributed by atoms with Gasteiger partial charge in [0.1, 0.15) is 11.9 Å². The minimum atomic E-state index is -1.57. The van der Waals surface area contributed by atoms with Gasteiger partial charge in [0, 0.05) is 22.2 Å². The molecule has 0 bridgehead atoms. The second-order valence-corrected chi connectivity index (χ2v) is 8.65. The quantitative estimate of drug-likeness (QED) is 0.472. The van der Waals surface area contributed by atoms with Crippen LogP contribution in [0.1, 0.15) is 27.4 Å². The molecule has 0 amide bonds. The smallest absolute Gasteiger partial charge is 0.185 e. The van der Waals surface area contributed by atoms with Crippen molar-refractivity contribution in [2.24, 2.45) is 5.41 Å². The fourth-order valence-electron chi connectivity index (χ4n) is 5.08. The number of nitrogens with zero attached hydrogens (tertiary/aromatic N) is 3. The molecule has 2 aliphatic heterocycles. The normalized spacial score (nSPS) is 22.1. The van der Waals surface area contributed by atoms with E-state index in [9.17, 15) is 19.7 Å². The van der Waals surface area contributed by atoms with Gasteiger partial charge in [0.05, 0.1) is 18.2 Å². The molecule has 0 saturated carbocycles. The number of carbonyl (C=O) groups excluding carboxylic acids is 1. The summed E-state index contributed by atoms with van der Waals surface area (Å²) in [6, 6.07) is 22.8. The van der Waals surface area contributed by atoms with E-state index >= 15 is 0 Å². The van der Waals surface area contributed by atoms with Gasteiger partial charge in [-0.2, -0.15) is 10.5 Å². The van der Waals surface area contributed by atoms with E-state index < -0.39 is 29.2 Å². The topological polar surface area (TPSA) is 67.9 Å². The summed E-state index contributed by atoms with van der Waals surface area (Å²) in [7, 11) is 0. The first-order valence-corrected chi connectivity index (χ1v) is 10.8. The van der Waals surface area contributed by atoms with Crippen LogP contribution in [0.3, 0.4) is 0 Å². The Morgan fingerprint density at radius 3 is 2.36 bits per heavy atom. The molecule has 0 N–H and O–H groups in total. The molecule has 3 aromatic rings. The Balaban J connectivity index is 1.79. The van der Waals surface area contributed by atoms with Crippen LogP contribution in [0.25, 0.3) is 6.08 Å². The van der Waals surface area contributed by atoms with E-state index in [-0.39, 0.29) is 5.78 Å². The third-order valence-corrected chi connectivity index (χ3v) is 6.76. The maximum Gasteiger partial charge on any atom is 0.185 e. The standard InChI is InChI=1S/C27H17ClFN3O/c28-20-9-12-22-19(14-20)8-13-23-27(15-30,16-31)24(17-6-10-21(29)11-7-17)25(32(22)23)26(33)18-4-2-1-3-5-18/h1-14,23-25H/t23-,24-,25+/m0/s1. The van der Waals surface area contributed by atoms with E-state index in [0.29, 0.717) is 16.1 Å². The molecule has 4 nitrogen and oxygen atoms in total. The fourth-order valence-corrected chi connectivity index (χ4v) is 5.26. The van der Waals surface area contributed by atoms with Gasteiger partial charge < -0.3 is 4.90 Å². The minimum Gasteiger partial charge on any atom is -0.351 e. The average Bonchev–Trinajstić information content (AvgIpc) is 3.15. The van der Waals surface area contributed by atoms with Crippen LogP contribution in [0, 0.1) is 33.9 Å². The van der Waals surface area contributed by atoms with Gasteiger partial charge in [-0.1, -0.05) is 66.2 Å². The summed E-state index contributed by atoms with van der Waals surface area (Å²) in [6.07, 6.45) is 3.63. The highest BCUT2D eigenvalue weighted by atomic mass is 35.5. The Bertz CT molecular complexity index is 1340. The van der Waals surface area contributed by atoms with Crippen LogP contribution >= 0.6 is 11.6 Å². The molecule has 6 heteroatoms. The van der Waals surface area contributed by atoms with Crippen LogP contribution in [0.4, 0.5) is 10.1 Å². The van der Waals surface area contributed by atoms with Crippen LogP contribution in [0.2, 0.25) is 5.02 Å². The molecule has 5 rings (SSSR count). The number of Topliss-reactive ketones (excluding diaryl/α,β-unsaturated/α-hetero) is 1. The van der Waals surface area contributed by atoms with Crippen LogP contribution in [-0.4, -0.2) is 17.9 Å². The molecule has 1 fully saturated rings. The van der Waals surface area contributed by atoms with E-state index in [0.717, 1.165) is 11.3 Å². The third-order valence-electron chi connectivity index (χ3n) is 6.52. The number of fused-ring (bicyclic) bond motifs is 3. The first kappa shape index (κ1) is 20.9. The summed E-state index contributed by atoms with van der Waals surface area (Å²) in [4.78, 5) is 15.8. The number of hydrogen-bond donors (Lipinski definition) is 0. The number of carbonyl (C=O) groups is 1. The van der Waals surface area contributed by atoms with Gasteiger partial charge in [-0.3, -0.25) is 4.79 Å². The predicted octanol–water partition coefficient (Wildman–Crippen LogP) is 5.76. The molecule has 2 heterocycles. The van der Waals surface area contributed by atoms with Gasteiger partial charge in [0.2, 0.25) is 0 Å². The maximum absolute atomic E-state index is 14.0. The van der Waals surface area contributed by atoms with Crippen molar-refractivity contribution in [2.45, 2.75) is 18.0 Å². The summed E-state index contributed by atoms with van der Waals surface area (Å²) >= 11 is 6.20. The summed E-state index contributed by atoms with van der Waals surface area (Å²) < 4.78 is 13.8. The predicted molar refractivity (Wildman–Crippen MR) is 124 cm³/mol. The van der Waals surface area contributed by atoms with Crippen molar-refractivity contribution >= 4 is 29.1 Å². The Kier molecular flexibility index (Phi) is 5.01. The molecule has 160 valence electrons. The van der Waals surface area contributed by atoms with Crippen LogP contribution in [-0.2, 0) is 0 Å². The van der Waals surface area contributed by atoms with E-state index in [4.69, 9.17) is 11.6 Å². The number of nitriles is 2. The molecule has 33 heavy (non-hydrogen) atoms. The fraction of sp³-hybridized carbons (Fsp3) is 0.148. The van der Waals surface area contributed by atoms with E-state index in [2.05, 4.69) is 12.1 Å². The molecule has 1 saturated heterocycles. The number of hydrogen-bond acceptors (Lipinski definition) is 4. The van der Waals surface area contributed by atoms with Gasteiger partial charge >= 0.3 is 0 Å². The average molecular weight is 454 g/mol. The Hall–Kier alpha value is -3.93. The first-order valence-electron chi connectivity index (χ1n) is 10.4. The molecular formula is C27H17ClFN3O. The van der Waals surface area contributed by atoms with Crippen LogP contribution < -0.4 is 4.90 Å². The molecule has 0 spiro atoms. The van der Waals surface area contributed by atoms with Gasteiger partial charge in [0.25, 0.3) is 0 Å². The number of rotatable bonds is 3. The maximum atomic E-state index is 14.0. The van der Waals surface area contributed by atoms with E-state index in [1.807, 2.05) is 23.1 Å². The second kappa shape index (κ2) is 7.89. The van der Waals surface area contributed by atoms with Gasteiger partial charge in [-0.25, -0.2) is 4.39 Å². The zero-order chi connectivity index (χ0) is 23.2. The highest BCUT2D eigenvalue weighted by Crippen LogP contribution is 2.55. The molecule has 0 aliphatic carbocycles. The van der Waals surface area contributed by atoms with Crippen molar-refractivity contribution < 1.29 is 9.18 Å². The van der Waals surface area contributed by atoms with Crippen molar-refractivity contribution in [3.05, 3.63) is 106 Å². The largest absolute Gasteiger partial charge is 0.351 e. The zero-order valence-electron chi connectivity index (χ0n) is 17.3. The van der Waals surface area contributed by atoms with Crippen molar-refractivity contribution in [2.75, 3.05) is 4.90 Å². The Labute approximate surface area is 195 Å². The van der Waals surface area contributed by atoms with Crippen LogP contribution in [0.15, 0.2) is 78.9 Å². The second-order valence-electron chi connectivity index (χ2n) is 8.21. The highest BCUT2D eigenvalue weighted by Gasteiger charge is 2.63. The summed E-state index contributed by atoms with van der Waals surface area (Å²) in [5.74, 6) is -1.45. The van der Waals surface area contributed by atoms with E-state index in [1.165, 1.54) is 12.1 Å². The molecular weight excluding hydrogens is 437 g/mol. The molecule has 0 aromatic heterocycles. The Morgan fingerprint density at radius 2 is 1.70 bits per heavy atom. The Morgan fingerprint density at radius 1 is 1.00 bits per heavy atom. The van der Waals surface area contributed by atoms with Gasteiger partial charge in [0.15, 0.2) is 11.2 Å². The van der Waals surface area contributed by atoms with Crippen molar-refractivity contribution in [3.63, 3.8) is 0 Å². The monoisotopic (exact) mass is 453 g/mol. The summed E-state index contributed by atoms with van der Waals surface area (Å²) in [5, 5.41) is 21.3. The lowest BCUT2D eigenvalue weighted by molar-refractivity contribution is 0.0951. The van der Waals surface area contributed by atoms with Crippen molar-refractivity contribution in [3.8, 4) is 12.1 Å². The lowest BCUT2D eigenvalue weighted by Crippen LogP contribution is -2.44.